The van der Waals surface area contributed by atoms with Crippen LogP contribution >= 0.6 is 0 Å². The van der Waals surface area contributed by atoms with Gasteiger partial charge >= 0.3 is 18.2 Å². The third kappa shape index (κ3) is 3.77. The Morgan fingerprint density at radius 3 is 2.47 bits per heavy atom. The molecule has 0 unspecified atom stereocenters. The molecule has 0 bridgehead atoms. The van der Waals surface area contributed by atoms with Crippen LogP contribution in [0.1, 0.15) is 6.42 Å². The first-order valence-corrected chi connectivity index (χ1v) is 4.61. The van der Waals surface area contributed by atoms with Gasteiger partial charge in [-0.25, -0.2) is 9.59 Å². The predicted octanol–water partition coefficient (Wildman–Crippen LogP) is 0.205. The third-order valence-corrected chi connectivity index (χ3v) is 2.16. The molecule has 1 saturated heterocycles. The number of aliphatic hydroxyl groups excluding tert-OH is 1. The summed E-state index contributed by atoms with van der Waals surface area (Å²) in [7, 11) is 0. The first-order chi connectivity index (χ1) is 7.70. The number of alkyl halides is 3. The van der Waals surface area contributed by atoms with Gasteiger partial charge in [-0.3, -0.25) is 4.90 Å². The molecule has 0 spiro atoms. The number of halogens is 3. The fourth-order valence-corrected chi connectivity index (χ4v) is 1.48. The minimum Gasteiger partial charge on any atom is -0.480 e. The van der Waals surface area contributed by atoms with E-state index in [1.54, 1.807) is 0 Å². The van der Waals surface area contributed by atoms with Gasteiger partial charge in [0, 0.05) is 6.42 Å². The smallest absolute Gasteiger partial charge is 0.422 e. The lowest BCUT2D eigenvalue weighted by Gasteiger charge is -2.20. The number of carboxylic acids is 1. The minimum atomic E-state index is -4.67. The Hall–Kier alpha value is -1.51. The molecule has 0 saturated carbocycles. The van der Waals surface area contributed by atoms with Gasteiger partial charge in [0.15, 0.2) is 6.61 Å². The normalized spacial score (nSPS) is 24.8. The zero-order valence-corrected chi connectivity index (χ0v) is 8.48. The molecule has 0 aliphatic carbocycles. The van der Waals surface area contributed by atoms with Gasteiger partial charge < -0.3 is 14.9 Å². The molecule has 9 heteroatoms. The Balaban J connectivity index is 2.59. The van der Waals surface area contributed by atoms with E-state index in [0.717, 1.165) is 0 Å². The number of hydrogen-bond donors (Lipinski definition) is 2. The molecule has 1 aliphatic heterocycles. The first kappa shape index (κ1) is 13.6. The van der Waals surface area contributed by atoms with E-state index in [1.807, 2.05) is 0 Å². The minimum absolute atomic E-state index is 0.226. The van der Waals surface area contributed by atoms with Crippen molar-refractivity contribution in [3.05, 3.63) is 0 Å². The molecule has 1 aliphatic rings. The zero-order valence-electron chi connectivity index (χ0n) is 8.48. The van der Waals surface area contributed by atoms with Crippen LogP contribution in [0.2, 0.25) is 0 Å². The molecule has 17 heavy (non-hydrogen) atoms. The molecule has 0 radical (unpaired) electrons. The number of nitrogens with zero attached hydrogens (tertiary/aromatic N) is 1. The number of aliphatic hydroxyl groups is 1. The van der Waals surface area contributed by atoms with Crippen molar-refractivity contribution in [2.24, 2.45) is 0 Å². The zero-order chi connectivity index (χ0) is 13.2. The Labute approximate surface area is 93.6 Å². The third-order valence-electron chi connectivity index (χ3n) is 2.16. The molecule has 0 aromatic rings. The standard InChI is InChI=1S/C8H10F3NO5/c9-8(10,11)3-17-7(16)12-2-4(13)1-5(12)6(14)15/h4-5,13H,1-3H2,(H,14,15)/t4-,5-/m1/s1. The highest BCUT2D eigenvalue weighted by Crippen LogP contribution is 2.21. The Morgan fingerprint density at radius 2 is 2.00 bits per heavy atom. The molecular weight excluding hydrogens is 247 g/mol. The quantitative estimate of drug-likeness (QED) is 0.738. The molecule has 1 heterocycles. The fraction of sp³-hybridized carbons (Fsp3) is 0.750. The van der Waals surface area contributed by atoms with E-state index in [0.29, 0.717) is 4.90 Å². The molecule has 2 N–H and O–H groups in total. The molecule has 0 aromatic heterocycles. The topological polar surface area (TPSA) is 87.1 Å². The number of β-amino-alcohol motifs (C(OH)–C–C–N with tert-alkyl or cyclic N) is 1. The summed E-state index contributed by atoms with van der Waals surface area (Å²) in [5.41, 5.74) is 0. The number of carbonyl (C=O) groups is 2. The van der Waals surface area contributed by atoms with Crippen LogP contribution in [-0.2, 0) is 9.53 Å². The summed E-state index contributed by atoms with van der Waals surface area (Å²) in [6.07, 6.45) is -7.37. The summed E-state index contributed by atoms with van der Waals surface area (Å²) in [4.78, 5) is 22.4. The van der Waals surface area contributed by atoms with E-state index < -0.39 is 37.0 Å². The predicted molar refractivity (Wildman–Crippen MR) is 46.2 cm³/mol. The lowest BCUT2D eigenvalue weighted by Crippen LogP contribution is -2.41. The average molecular weight is 257 g/mol. The van der Waals surface area contributed by atoms with Crippen LogP contribution in [-0.4, -0.2) is 58.6 Å². The lowest BCUT2D eigenvalue weighted by molar-refractivity contribution is -0.163. The van der Waals surface area contributed by atoms with E-state index in [1.165, 1.54) is 0 Å². The molecular formula is C8H10F3NO5. The number of carboxylic acid groups (broad SMARTS) is 1. The summed E-state index contributed by atoms with van der Waals surface area (Å²) >= 11 is 0. The van der Waals surface area contributed by atoms with Crippen molar-refractivity contribution in [3.8, 4) is 0 Å². The number of likely N-dealkylation sites (tertiary alicyclic amines) is 1. The summed E-state index contributed by atoms with van der Waals surface area (Å²) < 4.78 is 39.2. The highest BCUT2D eigenvalue weighted by Gasteiger charge is 2.41. The van der Waals surface area contributed by atoms with E-state index in [9.17, 15) is 22.8 Å². The number of carbonyl (C=O) groups excluding carboxylic acids is 1. The van der Waals surface area contributed by atoms with Crippen LogP contribution in [0.3, 0.4) is 0 Å². The van der Waals surface area contributed by atoms with Gasteiger partial charge in [0.25, 0.3) is 0 Å². The second-order valence-corrected chi connectivity index (χ2v) is 3.57. The Kier molecular flexibility index (Phi) is 3.81. The molecule has 98 valence electrons. The Bertz CT molecular complexity index is 319. The van der Waals surface area contributed by atoms with E-state index >= 15 is 0 Å². The highest BCUT2D eigenvalue weighted by atomic mass is 19.4. The summed E-state index contributed by atoms with van der Waals surface area (Å²) in [6.45, 7) is -2.14. The van der Waals surface area contributed by atoms with Gasteiger partial charge in [-0.1, -0.05) is 0 Å². The van der Waals surface area contributed by atoms with E-state index in [-0.39, 0.29) is 13.0 Å². The summed E-state index contributed by atoms with van der Waals surface area (Å²) in [6, 6.07) is -1.36. The number of rotatable bonds is 2. The average Bonchev–Trinajstić information content (AvgIpc) is 2.55. The maximum Gasteiger partial charge on any atom is 0.422 e. The molecule has 1 rings (SSSR count). The number of hydrogen-bond acceptors (Lipinski definition) is 4. The van der Waals surface area contributed by atoms with Crippen molar-refractivity contribution in [1.82, 2.24) is 4.90 Å². The van der Waals surface area contributed by atoms with Gasteiger partial charge in [-0.15, -0.1) is 0 Å². The van der Waals surface area contributed by atoms with E-state index in [2.05, 4.69) is 4.74 Å². The van der Waals surface area contributed by atoms with Crippen molar-refractivity contribution < 1.29 is 37.7 Å². The molecule has 1 amide bonds. The van der Waals surface area contributed by atoms with Crippen LogP contribution in [0.25, 0.3) is 0 Å². The van der Waals surface area contributed by atoms with Gasteiger partial charge in [0.2, 0.25) is 0 Å². The van der Waals surface area contributed by atoms with Gasteiger partial charge in [-0.2, -0.15) is 13.2 Å². The van der Waals surface area contributed by atoms with Crippen LogP contribution in [0.15, 0.2) is 0 Å². The van der Waals surface area contributed by atoms with Crippen molar-refractivity contribution in [2.45, 2.75) is 24.7 Å². The van der Waals surface area contributed by atoms with Crippen LogP contribution in [0, 0.1) is 0 Å². The summed E-state index contributed by atoms with van der Waals surface area (Å²) in [5, 5.41) is 17.9. The van der Waals surface area contributed by atoms with Crippen molar-refractivity contribution in [2.75, 3.05) is 13.2 Å². The van der Waals surface area contributed by atoms with Gasteiger partial charge in [0.05, 0.1) is 12.6 Å². The lowest BCUT2D eigenvalue weighted by atomic mass is 10.2. The second kappa shape index (κ2) is 4.78. The van der Waals surface area contributed by atoms with Crippen LogP contribution < -0.4 is 0 Å². The monoisotopic (exact) mass is 257 g/mol. The van der Waals surface area contributed by atoms with Gasteiger partial charge in [0.1, 0.15) is 6.04 Å². The fourth-order valence-electron chi connectivity index (χ4n) is 1.48. The maximum atomic E-state index is 11.8. The summed E-state index contributed by atoms with van der Waals surface area (Å²) in [5.74, 6) is -1.40. The second-order valence-electron chi connectivity index (χ2n) is 3.57. The number of ether oxygens (including phenoxy) is 1. The Morgan fingerprint density at radius 1 is 1.41 bits per heavy atom. The SMILES string of the molecule is O=C(O)[C@H]1C[C@@H](O)CN1C(=O)OCC(F)(F)F. The number of aliphatic carboxylic acids is 1. The molecule has 0 aromatic carbocycles. The number of amides is 1. The highest BCUT2D eigenvalue weighted by molar-refractivity contribution is 5.80. The molecule has 2 atom stereocenters. The van der Waals surface area contributed by atoms with Crippen LogP contribution in [0.4, 0.5) is 18.0 Å². The molecule has 1 fully saturated rings. The van der Waals surface area contributed by atoms with E-state index in [4.69, 9.17) is 10.2 Å². The largest absolute Gasteiger partial charge is 0.480 e. The first-order valence-electron chi connectivity index (χ1n) is 4.61. The van der Waals surface area contributed by atoms with Crippen LogP contribution in [0.5, 0.6) is 0 Å². The maximum absolute atomic E-state index is 11.8. The van der Waals surface area contributed by atoms with Gasteiger partial charge in [-0.05, 0) is 0 Å². The van der Waals surface area contributed by atoms with Crippen molar-refractivity contribution >= 4 is 12.1 Å². The van der Waals surface area contributed by atoms with Crippen molar-refractivity contribution in [3.63, 3.8) is 0 Å². The molecule has 6 nitrogen and oxygen atoms in total. The van der Waals surface area contributed by atoms with Crippen molar-refractivity contribution in [1.29, 1.82) is 0 Å².